The van der Waals surface area contributed by atoms with Gasteiger partial charge in [-0.1, -0.05) is 24.3 Å². The number of nitrogens with zero attached hydrogens (tertiary/aromatic N) is 4. The maximum absolute atomic E-state index is 12.3. The molecule has 186 valence electrons. The van der Waals surface area contributed by atoms with Gasteiger partial charge in [-0.15, -0.1) is 0 Å². The van der Waals surface area contributed by atoms with Crippen molar-refractivity contribution >= 4 is 17.4 Å². The molecule has 1 amide bonds. The first kappa shape index (κ1) is 25.1. The van der Waals surface area contributed by atoms with Crippen LogP contribution in [0.4, 0.5) is 5.82 Å². The van der Waals surface area contributed by atoms with Crippen molar-refractivity contribution in [1.82, 2.24) is 14.9 Å². The zero-order valence-corrected chi connectivity index (χ0v) is 20.9. The second-order valence-corrected chi connectivity index (χ2v) is 8.92. The van der Waals surface area contributed by atoms with Crippen molar-refractivity contribution in [3.63, 3.8) is 0 Å². The van der Waals surface area contributed by atoms with Crippen molar-refractivity contribution < 1.29 is 9.53 Å². The van der Waals surface area contributed by atoms with Crippen LogP contribution < -0.4 is 10.5 Å². The number of aryl methyl sites for hydroxylation is 1. The van der Waals surface area contributed by atoms with Crippen LogP contribution in [0, 0.1) is 5.92 Å². The van der Waals surface area contributed by atoms with Crippen LogP contribution in [0.5, 0.6) is 11.5 Å². The Morgan fingerprint density at radius 3 is 2.61 bits per heavy atom. The summed E-state index contributed by atoms with van der Waals surface area (Å²) in [4.78, 5) is 27.7. The van der Waals surface area contributed by atoms with Crippen molar-refractivity contribution in [3.05, 3.63) is 89.9 Å². The molecule has 0 saturated carbocycles. The largest absolute Gasteiger partial charge is 0.457 e. The molecular formula is C29H33N5O2. The van der Waals surface area contributed by atoms with Crippen molar-refractivity contribution in [1.29, 1.82) is 0 Å². The van der Waals surface area contributed by atoms with Crippen LogP contribution in [0.1, 0.15) is 43.0 Å². The van der Waals surface area contributed by atoms with E-state index in [4.69, 9.17) is 10.5 Å². The Hall–Kier alpha value is -4.00. The standard InChI is InChI=1S/C29H33N5O2/c1-3-8-26(35)34-18-7-9-21(19-34)12-17-25-27(29(30)33-20-32-25)28(31-2)22-13-15-24(16-14-22)36-23-10-5-4-6-11-23/h3-6,8,10-11,13-16,20-21H,7,9,12,17-19H2,1-2H3,(H2,30,32,33)/b8-3+,31-28?. The van der Waals surface area contributed by atoms with Gasteiger partial charge in [-0.05, 0) is 81.0 Å². The van der Waals surface area contributed by atoms with Crippen LogP contribution in [0.3, 0.4) is 0 Å². The molecule has 0 spiro atoms. The average Bonchev–Trinajstić information content (AvgIpc) is 2.91. The van der Waals surface area contributed by atoms with Gasteiger partial charge in [0.2, 0.25) is 5.91 Å². The van der Waals surface area contributed by atoms with E-state index in [1.54, 1.807) is 19.2 Å². The van der Waals surface area contributed by atoms with E-state index >= 15 is 0 Å². The average molecular weight is 484 g/mol. The highest BCUT2D eigenvalue weighted by molar-refractivity contribution is 6.15. The minimum absolute atomic E-state index is 0.0919. The number of benzene rings is 2. The molecule has 1 aromatic heterocycles. The summed E-state index contributed by atoms with van der Waals surface area (Å²) in [6.45, 7) is 3.47. The van der Waals surface area contributed by atoms with Gasteiger partial charge in [-0.3, -0.25) is 9.79 Å². The lowest BCUT2D eigenvalue weighted by Gasteiger charge is -2.32. The third kappa shape index (κ3) is 6.16. The molecule has 1 fully saturated rings. The molecule has 1 aliphatic heterocycles. The molecule has 4 rings (SSSR count). The number of para-hydroxylation sites is 1. The van der Waals surface area contributed by atoms with E-state index in [2.05, 4.69) is 15.0 Å². The summed E-state index contributed by atoms with van der Waals surface area (Å²) in [6.07, 6.45) is 8.75. The molecule has 0 bridgehead atoms. The fraction of sp³-hybridized carbons (Fsp3) is 0.310. The van der Waals surface area contributed by atoms with Gasteiger partial charge in [0, 0.05) is 25.7 Å². The van der Waals surface area contributed by atoms with E-state index in [0.29, 0.717) is 11.7 Å². The van der Waals surface area contributed by atoms with Gasteiger partial charge in [-0.2, -0.15) is 0 Å². The van der Waals surface area contributed by atoms with Crippen LogP contribution in [-0.2, 0) is 11.2 Å². The van der Waals surface area contributed by atoms with Gasteiger partial charge in [0.1, 0.15) is 23.6 Å². The van der Waals surface area contributed by atoms with E-state index in [9.17, 15) is 4.79 Å². The minimum atomic E-state index is 0.0919. The molecule has 2 heterocycles. The van der Waals surface area contributed by atoms with Crippen LogP contribution in [0.2, 0.25) is 0 Å². The monoisotopic (exact) mass is 483 g/mol. The number of anilines is 1. The quantitative estimate of drug-likeness (QED) is 0.357. The lowest BCUT2D eigenvalue weighted by atomic mass is 9.90. The third-order valence-corrected chi connectivity index (χ3v) is 6.45. The Bertz CT molecular complexity index is 1220. The van der Waals surface area contributed by atoms with Crippen LogP contribution in [-0.4, -0.2) is 46.6 Å². The van der Waals surface area contributed by atoms with Gasteiger partial charge < -0.3 is 15.4 Å². The summed E-state index contributed by atoms with van der Waals surface area (Å²) in [7, 11) is 1.76. The highest BCUT2D eigenvalue weighted by Gasteiger charge is 2.24. The Balaban J connectivity index is 1.49. The number of likely N-dealkylation sites (tertiary alicyclic amines) is 1. The Morgan fingerprint density at radius 2 is 1.89 bits per heavy atom. The summed E-state index contributed by atoms with van der Waals surface area (Å²) >= 11 is 0. The second-order valence-electron chi connectivity index (χ2n) is 8.92. The summed E-state index contributed by atoms with van der Waals surface area (Å²) in [5, 5.41) is 0. The lowest BCUT2D eigenvalue weighted by Crippen LogP contribution is -2.39. The molecule has 1 unspecified atom stereocenters. The highest BCUT2D eigenvalue weighted by atomic mass is 16.5. The number of amides is 1. The number of hydrogen-bond donors (Lipinski definition) is 1. The number of allylic oxidation sites excluding steroid dienone is 1. The maximum atomic E-state index is 12.3. The molecule has 7 nitrogen and oxygen atoms in total. The molecule has 2 aromatic carbocycles. The third-order valence-electron chi connectivity index (χ3n) is 6.45. The van der Waals surface area contributed by atoms with Crippen molar-refractivity contribution in [3.8, 4) is 11.5 Å². The van der Waals surface area contributed by atoms with E-state index in [-0.39, 0.29) is 5.91 Å². The van der Waals surface area contributed by atoms with E-state index < -0.39 is 0 Å². The number of hydrogen-bond acceptors (Lipinski definition) is 6. The number of ether oxygens (including phenoxy) is 1. The van der Waals surface area contributed by atoms with Crippen LogP contribution in [0.25, 0.3) is 0 Å². The minimum Gasteiger partial charge on any atom is -0.457 e. The summed E-state index contributed by atoms with van der Waals surface area (Å²) in [6, 6.07) is 17.5. The first-order valence-electron chi connectivity index (χ1n) is 12.4. The molecule has 1 saturated heterocycles. The maximum Gasteiger partial charge on any atom is 0.246 e. The Kier molecular flexibility index (Phi) is 8.44. The first-order valence-corrected chi connectivity index (χ1v) is 12.4. The van der Waals surface area contributed by atoms with Crippen molar-refractivity contribution in [2.75, 3.05) is 25.9 Å². The predicted molar refractivity (Wildman–Crippen MR) is 143 cm³/mol. The zero-order chi connectivity index (χ0) is 25.3. The molecular weight excluding hydrogens is 450 g/mol. The van der Waals surface area contributed by atoms with Crippen molar-refractivity contribution in [2.45, 2.75) is 32.6 Å². The number of carbonyl (C=O) groups is 1. The molecule has 3 aromatic rings. The van der Waals surface area contributed by atoms with Gasteiger partial charge >= 0.3 is 0 Å². The van der Waals surface area contributed by atoms with Crippen LogP contribution >= 0.6 is 0 Å². The lowest BCUT2D eigenvalue weighted by molar-refractivity contribution is -0.127. The van der Waals surface area contributed by atoms with Gasteiger partial charge in [0.05, 0.1) is 17.0 Å². The molecule has 36 heavy (non-hydrogen) atoms. The predicted octanol–water partition coefficient (Wildman–Crippen LogP) is 5.07. The van der Waals surface area contributed by atoms with E-state index in [0.717, 1.165) is 72.8 Å². The van der Waals surface area contributed by atoms with E-state index in [1.807, 2.05) is 66.4 Å². The van der Waals surface area contributed by atoms with E-state index in [1.165, 1.54) is 6.33 Å². The molecule has 0 aliphatic carbocycles. The normalized spacial score (nSPS) is 16.3. The van der Waals surface area contributed by atoms with Crippen molar-refractivity contribution in [2.24, 2.45) is 10.9 Å². The number of nitrogen functional groups attached to an aromatic ring is 1. The molecule has 7 heteroatoms. The SMILES string of the molecule is C/C=C/C(=O)N1CCCC(CCc2ncnc(N)c2C(=NC)c2ccc(Oc3ccccc3)cc2)C1. The van der Waals surface area contributed by atoms with Gasteiger partial charge in [-0.25, -0.2) is 9.97 Å². The van der Waals surface area contributed by atoms with Crippen LogP contribution in [0.15, 0.2) is 78.1 Å². The second kappa shape index (κ2) is 12.1. The summed E-state index contributed by atoms with van der Waals surface area (Å²) in [5.74, 6) is 2.46. The highest BCUT2D eigenvalue weighted by Crippen LogP contribution is 2.27. The number of piperidine rings is 1. The summed E-state index contributed by atoms with van der Waals surface area (Å²) in [5.41, 5.74) is 9.68. The number of carbonyl (C=O) groups excluding carboxylic acids is 1. The Morgan fingerprint density at radius 1 is 1.14 bits per heavy atom. The smallest absolute Gasteiger partial charge is 0.246 e. The number of aromatic nitrogens is 2. The molecule has 0 radical (unpaired) electrons. The molecule has 1 aliphatic rings. The summed E-state index contributed by atoms with van der Waals surface area (Å²) < 4.78 is 5.92. The van der Waals surface area contributed by atoms with Gasteiger partial charge in [0.15, 0.2) is 0 Å². The first-order chi connectivity index (χ1) is 17.6. The van der Waals surface area contributed by atoms with Gasteiger partial charge in [0.25, 0.3) is 0 Å². The fourth-order valence-electron chi connectivity index (χ4n) is 4.67. The number of rotatable bonds is 8. The number of aliphatic imine (C=N–C) groups is 1. The Labute approximate surface area is 212 Å². The molecule has 2 N–H and O–H groups in total. The zero-order valence-electron chi connectivity index (χ0n) is 20.9. The number of nitrogens with two attached hydrogens (primary N) is 1. The molecule has 1 atom stereocenters. The topological polar surface area (TPSA) is 93.7 Å². The fourth-order valence-corrected chi connectivity index (χ4v) is 4.67.